The lowest BCUT2D eigenvalue weighted by molar-refractivity contribution is -0.158. The minimum absolute atomic E-state index is 0.272. The lowest BCUT2D eigenvalue weighted by Crippen LogP contribution is -2.39. The molecule has 2 aliphatic rings. The van der Waals surface area contributed by atoms with Crippen LogP contribution in [0.2, 0.25) is 0 Å². The number of urea groups is 1. The number of esters is 1. The second kappa shape index (κ2) is 2.35. The van der Waals surface area contributed by atoms with Crippen molar-refractivity contribution in [3.8, 4) is 0 Å². The molecule has 3 atom stereocenters. The zero-order chi connectivity index (χ0) is 9.75. The number of amides is 2. The Morgan fingerprint density at radius 2 is 1.92 bits per heavy atom. The van der Waals surface area contributed by atoms with E-state index < -0.39 is 24.3 Å². The van der Waals surface area contributed by atoms with Crippen molar-refractivity contribution in [1.82, 2.24) is 9.80 Å². The van der Waals surface area contributed by atoms with Crippen molar-refractivity contribution >= 4 is 12.0 Å². The first-order valence-electron chi connectivity index (χ1n) is 3.92. The van der Waals surface area contributed by atoms with E-state index in [2.05, 4.69) is 4.74 Å². The lowest BCUT2D eigenvalue weighted by atomic mass is 10.1. The zero-order valence-corrected chi connectivity index (χ0v) is 7.30. The second-order valence-corrected chi connectivity index (χ2v) is 3.27. The summed E-state index contributed by atoms with van der Waals surface area (Å²) in [6.07, 6.45) is -1.20. The van der Waals surface area contributed by atoms with Crippen molar-refractivity contribution in [3.63, 3.8) is 0 Å². The molecule has 13 heavy (non-hydrogen) atoms. The van der Waals surface area contributed by atoms with Gasteiger partial charge in [-0.05, 0) is 0 Å². The number of carbonyl (C=O) groups excluding carboxylic acids is 2. The number of nitrogens with zero attached hydrogens (tertiary/aromatic N) is 2. The van der Waals surface area contributed by atoms with Crippen molar-refractivity contribution in [2.75, 3.05) is 14.1 Å². The Hall–Kier alpha value is -1.30. The fourth-order valence-corrected chi connectivity index (χ4v) is 1.84. The summed E-state index contributed by atoms with van der Waals surface area (Å²) in [5.74, 6) is -0.544. The molecule has 0 aromatic carbocycles. The van der Waals surface area contributed by atoms with E-state index in [9.17, 15) is 14.7 Å². The minimum Gasteiger partial charge on any atom is -0.432 e. The SMILES string of the molecule is CN1C(=O)N(C)[C@H]2C(=O)OC(O)[C@H]21. The van der Waals surface area contributed by atoms with E-state index in [0.717, 1.165) is 0 Å². The number of carbonyl (C=O) groups is 2. The maximum Gasteiger partial charge on any atom is 0.333 e. The molecular weight excluding hydrogens is 176 g/mol. The molecule has 2 fully saturated rings. The first-order valence-corrected chi connectivity index (χ1v) is 3.92. The van der Waals surface area contributed by atoms with Crippen LogP contribution in [0.25, 0.3) is 0 Å². The quantitative estimate of drug-likeness (QED) is 0.472. The summed E-state index contributed by atoms with van der Waals surface area (Å²) in [7, 11) is 3.05. The molecule has 6 heteroatoms. The first kappa shape index (κ1) is 8.31. The molecule has 0 aromatic heterocycles. The molecule has 2 saturated heterocycles. The van der Waals surface area contributed by atoms with Gasteiger partial charge in [-0.2, -0.15) is 0 Å². The molecule has 6 nitrogen and oxygen atoms in total. The fraction of sp³-hybridized carbons (Fsp3) is 0.714. The number of aliphatic hydroxyl groups is 1. The maximum atomic E-state index is 11.3. The normalized spacial score (nSPS) is 38.2. The van der Waals surface area contributed by atoms with Crippen LogP contribution in [-0.4, -0.2) is 59.4 Å². The van der Waals surface area contributed by atoms with Gasteiger partial charge in [0.25, 0.3) is 0 Å². The number of hydrogen-bond acceptors (Lipinski definition) is 4. The molecule has 0 aromatic rings. The number of fused-ring (bicyclic) bond motifs is 1. The van der Waals surface area contributed by atoms with Crippen LogP contribution in [0, 0.1) is 0 Å². The Morgan fingerprint density at radius 3 is 2.46 bits per heavy atom. The highest BCUT2D eigenvalue weighted by molar-refractivity contribution is 5.90. The highest BCUT2D eigenvalue weighted by Crippen LogP contribution is 2.29. The monoisotopic (exact) mass is 186 g/mol. The smallest absolute Gasteiger partial charge is 0.333 e. The van der Waals surface area contributed by atoms with Gasteiger partial charge in [-0.1, -0.05) is 0 Å². The number of rotatable bonds is 0. The fourth-order valence-electron chi connectivity index (χ4n) is 1.84. The highest BCUT2D eigenvalue weighted by Gasteiger charge is 2.56. The molecule has 2 aliphatic heterocycles. The Balaban J connectivity index is 2.36. The number of ether oxygens (including phenoxy) is 1. The molecule has 1 unspecified atom stereocenters. The predicted molar refractivity (Wildman–Crippen MR) is 40.6 cm³/mol. The minimum atomic E-state index is -1.20. The van der Waals surface area contributed by atoms with E-state index in [4.69, 9.17) is 0 Å². The Labute approximate surface area is 74.7 Å². The van der Waals surface area contributed by atoms with E-state index >= 15 is 0 Å². The largest absolute Gasteiger partial charge is 0.432 e. The summed E-state index contributed by atoms with van der Waals surface area (Å²) in [4.78, 5) is 25.1. The molecule has 2 heterocycles. The standard InChI is InChI=1S/C7H10N2O4/c1-8-3-4(9(2)7(8)12)6(11)13-5(3)10/h3-5,10H,1-2H3/t3-,4+,5?/m0/s1. The molecule has 0 saturated carbocycles. The van der Waals surface area contributed by atoms with Gasteiger partial charge in [-0.25, -0.2) is 9.59 Å². The van der Waals surface area contributed by atoms with Crippen LogP contribution in [0.5, 0.6) is 0 Å². The number of hydrogen-bond donors (Lipinski definition) is 1. The molecule has 72 valence electrons. The van der Waals surface area contributed by atoms with E-state index in [1.165, 1.54) is 23.9 Å². The number of aliphatic hydroxyl groups excluding tert-OH is 1. The number of cyclic esters (lactones) is 1. The van der Waals surface area contributed by atoms with E-state index in [-0.39, 0.29) is 6.03 Å². The molecule has 2 amide bonds. The van der Waals surface area contributed by atoms with Gasteiger partial charge >= 0.3 is 12.0 Å². The summed E-state index contributed by atoms with van der Waals surface area (Å²) in [5, 5.41) is 9.31. The van der Waals surface area contributed by atoms with Gasteiger partial charge in [0.05, 0.1) is 0 Å². The van der Waals surface area contributed by atoms with Crippen LogP contribution in [0.3, 0.4) is 0 Å². The van der Waals surface area contributed by atoms with Gasteiger partial charge in [0.15, 0.2) is 6.04 Å². The Bertz CT molecular complexity index is 280. The molecule has 0 radical (unpaired) electrons. The first-order chi connectivity index (χ1) is 6.04. The second-order valence-electron chi connectivity index (χ2n) is 3.27. The summed E-state index contributed by atoms with van der Waals surface area (Å²) in [5.41, 5.74) is 0. The third kappa shape index (κ3) is 0.859. The zero-order valence-electron chi connectivity index (χ0n) is 7.30. The van der Waals surface area contributed by atoms with E-state index in [1.54, 1.807) is 0 Å². The lowest BCUT2D eigenvalue weighted by Gasteiger charge is -2.17. The maximum absolute atomic E-state index is 11.3. The van der Waals surface area contributed by atoms with Crippen LogP contribution in [0.4, 0.5) is 4.79 Å². The van der Waals surface area contributed by atoms with Crippen molar-refractivity contribution in [1.29, 1.82) is 0 Å². The van der Waals surface area contributed by atoms with Gasteiger partial charge in [-0.3, -0.25) is 0 Å². The Morgan fingerprint density at radius 1 is 1.31 bits per heavy atom. The van der Waals surface area contributed by atoms with Gasteiger partial charge in [0.2, 0.25) is 6.29 Å². The van der Waals surface area contributed by atoms with Crippen molar-refractivity contribution < 1.29 is 19.4 Å². The number of likely N-dealkylation sites (N-methyl/N-ethyl adjacent to an activating group) is 2. The van der Waals surface area contributed by atoms with Crippen LogP contribution < -0.4 is 0 Å². The van der Waals surface area contributed by atoms with E-state index in [0.29, 0.717) is 0 Å². The van der Waals surface area contributed by atoms with Gasteiger partial charge in [0, 0.05) is 14.1 Å². The van der Waals surface area contributed by atoms with Crippen LogP contribution in [-0.2, 0) is 9.53 Å². The molecule has 0 spiro atoms. The third-order valence-corrected chi connectivity index (χ3v) is 2.56. The van der Waals surface area contributed by atoms with Crippen molar-refractivity contribution in [2.45, 2.75) is 18.4 Å². The molecular formula is C7H10N2O4. The van der Waals surface area contributed by atoms with Crippen LogP contribution in [0.15, 0.2) is 0 Å². The topological polar surface area (TPSA) is 70.1 Å². The molecule has 1 N–H and O–H groups in total. The molecule has 0 aliphatic carbocycles. The summed E-state index contributed by atoms with van der Waals surface area (Å²) in [6.45, 7) is 0. The summed E-state index contributed by atoms with van der Waals surface area (Å²) < 4.78 is 4.60. The Kier molecular flexibility index (Phi) is 1.50. The van der Waals surface area contributed by atoms with E-state index in [1.807, 2.05) is 0 Å². The average molecular weight is 186 g/mol. The predicted octanol–water partition coefficient (Wildman–Crippen LogP) is -1.40. The molecule has 2 rings (SSSR count). The molecule has 0 bridgehead atoms. The average Bonchev–Trinajstić information content (AvgIpc) is 2.47. The van der Waals surface area contributed by atoms with Crippen LogP contribution in [0.1, 0.15) is 0 Å². The van der Waals surface area contributed by atoms with Gasteiger partial charge < -0.3 is 19.6 Å². The van der Waals surface area contributed by atoms with Gasteiger partial charge in [-0.15, -0.1) is 0 Å². The summed E-state index contributed by atoms with van der Waals surface area (Å²) >= 11 is 0. The summed E-state index contributed by atoms with van der Waals surface area (Å²) in [6, 6.07) is -1.50. The highest BCUT2D eigenvalue weighted by atomic mass is 16.6. The van der Waals surface area contributed by atoms with Crippen molar-refractivity contribution in [3.05, 3.63) is 0 Å². The third-order valence-electron chi connectivity index (χ3n) is 2.56. The van der Waals surface area contributed by atoms with Crippen molar-refractivity contribution in [2.24, 2.45) is 0 Å². The van der Waals surface area contributed by atoms with Crippen LogP contribution >= 0.6 is 0 Å². The van der Waals surface area contributed by atoms with Gasteiger partial charge in [0.1, 0.15) is 6.04 Å².